The van der Waals surface area contributed by atoms with Gasteiger partial charge in [-0.3, -0.25) is 0 Å². The van der Waals surface area contributed by atoms with E-state index in [4.69, 9.17) is 16.3 Å². The molecule has 1 saturated heterocycles. The molecule has 0 atom stereocenters. The van der Waals surface area contributed by atoms with Crippen LogP contribution < -0.4 is 9.64 Å². The van der Waals surface area contributed by atoms with Crippen molar-refractivity contribution in [2.75, 3.05) is 38.2 Å². The lowest BCUT2D eigenvalue weighted by Gasteiger charge is -2.34. The Morgan fingerprint density at radius 3 is 2.20 bits per heavy atom. The number of anilines is 1. The molecule has 0 N–H and O–H groups in total. The molecule has 3 aromatic rings. The molecule has 1 fully saturated rings. The summed E-state index contributed by atoms with van der Waals surface area (Å²) in [6.07, 6.45) is 0. The number of rotatable bonds is 5. The van der Waals surface area contributed by atoms with E-state index in [0.717, 1.165) is 5.56 Å². The van der Waals surface area contributed by atoms with Gasteiger partial charge in [0, 0.05) is 31.7 Å². The molecule has 7 nitrogen and oxygen atoms in total. The molecule has 2 aromatic carbocycles. The van der Waals surface area contributed by atoms with Crippen LogP contribution in [-0.4, -0.2) is 56.2 Å². The Morgan fingerprint density at radius 1 is 0.900 bits per heavy atom. The molecule has 1 aromatic heterocycles. The van der Waals surface area contributed by atoms with Gasteiger partial charge in [-0.1, -0.05) is 29.8 Å². The zero-order chi connectivity index (χ0) is 21.1. The fourth-order valence-electron chi connectivity index (χ4n) is 3.36. The third-order valence-corrected chi connectivity index (χ3v) is 7.30. The maximum absolute atomic E-state index is 12.9. The standard InChI is InChI=1S/C21H21ClN4O3S/c1-29-16-6-8-17(9-7-16)30(27,28)26-14-12-25(13-15-26)21-11-10-20(23-24-21)18-4-2-3-5-19(18)22/h2-11H,12-15H2,1H3. The molecule has 0 aliphatic carbocycles. The molecule has 0 amide bonds. The number of hydrogen-bond acceptors (Lipinski definition) is 6. The Balaban J connectivity index is 1.43. The van der Waals surface area contributed by atoms with Gasteiger partial charge in [0.05, 0.1) is 22.7 Å². The molecule has 4 rings (SSSR count). The number of hydrogen-bond donors (Lipinski definition) is 0. The summed E-state index contributed by atoms with van der Waals surface area (Å²) in [6.45, 7) is 1.83. The number of piperazine rings is 1. The van der Waals surface area contributed by atoms with E-state index >= 15 is 0 Å². The van der Waals surface area contributed by atoms with Crippen molar-refractivity contribution in [3.63, 3.8) is 0 Å². The van der Waals surface area contributed by atoms with Crippen LogP contribution in [0.1, 0.15) is 0 Å². The summed E-state index contributed by atoms with van der Waals surface area (Å²) < 4.78 is 32.4. The van der Waals surface area contributed by atoms with E-state index in [2.05, 4.69) is 10.2 Å². The average molecular weight is 445 g/mol. The summed E-state index contributed by atoms with van der Waals surface area (Å²) in [4.78, 5) is 2.30. The maximum Gasteiger partial charge on any atom is 0.243 e. The number of aromatic nitrogens is 2. The van der Waals surface area contributed by atoms with Crippen molar-refractivity contribution in [2.45, 2.75) is 4.90 Å². The Labute approximate surface area is 180 Å². The highest BCUT2D eigenvalue weighted by atomic mass is 35.5. The molecular weight excluding hydrogens is 424 g/mol. The zero-order valence-corrected chi connectivity index (χ0v) is 18.0. The van der Waals surface area contributed by atoms with Gasteiger partial charge in [-0.25, -0.2) is 8.42 Å². The zero-order valence-electron chi connectivity index (χ0n) is 16.4. The SMILES string of the molecule is COc1ccc(S(=O)(=O)N2CCN(c3ccc(-c4ccccc4Cl)nn3)CC2)cc1. The summed E-state index contributed by atoms with van der Waals surface area (Å²) in [7, 11) is -1.99. The summed E-state index contributed by atoms with van der Waals surface area (Å²) >= 11 is 6.23. The molecule has 0 bridgehead atoms. The normalized spacial score (nSPS) is 15.2. The second-order valence-electron chi connectivity index (χ2n) is 6.82. The highest BCUT2D eigenvalue weighted by Crippen LogP contribution is 2.27. The van der Waals surface area contributed by atoms with Gasteiger partial charge in [0.25, 0.3) is 0 Å². The van der Waals surface area contributed by atoms with Crippen LogP contribution in [-0.2, 0) is 10.0 Å². The Bertz CT molecular complexity index is 1110. The van der Waals surface area contributed by atoms with E-state index in [1.54, 1.807) is 31.4 Å². The molecule has 0 radical (unpaired) electrons. The van der Waals surface area contributed by atoms with Crippen LogP contribution in [0.15, 0.2) is 65.6 Å². The topological polar surface area (TPSA) is 75.6 Å². The second kappa shape index (κ2) is 8.59. The van der Waals surface area contributed by atoms with Gasteiger partial charge in [-0.15, -0.1) is 10.2 Å². The van der Waals surface area contributed by atoms with Crippen LogP contribution in [0.4, 0.5) is 5.82 Å². The van der Waals surface area contributed by atoms with Gasteiger partial charge in [-0.05, 0) is 42.5 Å². The third kappa shape index (κ3) is 4.12. The molecule has 9 heteroatoms. The van der Waals surface area contributed by atoms with Gasteiger partial charge in [0.15, 0.2) is 5.82 Å². The first-order valence-electron chi connectivity index (χ1n) is 9.47. The molecule has 0 spiro atoms. The van der Waals surface area contributed by atoms with Gasteiger partial charge in [0.2, 0.25) is 10.0 Å². The summed E-state index contributed by atoms with van der Waals surface area (Å²) in [5.41, 5.74) is 1.53. The lowest BCUT2D eigenvalue weighted by atomic mass is 10.1. The highest BCUT2D eigenvalue weighted by Gasteiger charge is 2.29. The maximum atomic E-state index is 12.9. The van der Waals surface area contributed by atoms with E-state index in [9.17, 15) is 8.42 Å². The minimum atomic E-state index is -3.54. The van der Waals surface area contributed by atoms with Crippen LogP contribution >= 0.6 is 11.6 Å². The fourth-order valence-corrected chi connectivity index (χ4v) is 5.02. The van der Waals surface area contributed by atoms with E-state index in [0.29, 0.717) is 48.5 Å². The first kappa shape index (κ1) is 20.6. The van der Waals surface area contributed by atoms with E-state index in [1.165, 1.54) is 4.31 Å². The monoisotopic (exact) mass is 444 g/mol. The van der Waals surface area contributed by atoms with Crippen molar-refractivity contribution in [3.8, 4) is 17.0 Å². The van der Waals surface area contributed by atoms with Crippen molar-refractivity contribution in [1.82, 2.24) is 14.5 Å². The first-order chi connectivity index (χ1) is 14.5. The minimum Gasteiger partial charge on any atom is -0.497 e. The molecule has 156 valence electrons. The number of methoxy groups -OCH3 is 1. The Kier molecular flexibility index (Phi) is 5.90. The molecule has 0 unspecified atom stereocenters. The summed E-state index contributed by atoms with van der Waals surface area (Å²) in [5, 5.41) is 9.24. The van der Waals surface area contributed by atoms with Crippen molar-refractivity contribution in [2.24, 2.45) is 0 Å². The molecule has 30 heavy (non-hydrogen) atoms. The lowest BCUT2D eigenvalue weighted by molar-refractivity contribution is 0.383. The molecule has 0 saturated carbocycles. The number of benzene rings is 2. The number of halogens is 1. The number of nitrogens with zero attached hydrogens (tertiary/aromatic N) is 4. The smallest absolute Gasteiger partial charge is 0.243 e. The van der Waals surface area contributed by atoms with E-state index in [1.807, 2.05) is 41.3 Å². The number of ether oxygens (including phenoxy) is 1. The van der Waals surface area contributed by atoms with Crippen LogP contribution in [0.25, 0.3) is 11.3 Å². The molecule has 2 heterocycles. The van der Waals surface area contributed by atoms with E-state index in [-0.39, 0.29) is 4.90 Å². The fraction of sp³-hybridized carbons (Fsp3) is 0.238. The summed E-state index contributed by atoms with van der Waals surface area (Å²) in [6, 6.07) is 17.7. The van der Waals surface area contributed by atoms with Crippen molar-refractivity contribution < 1.29 is 13.2 Å². The average Bonchev–Trinajstić information content (AvgIpc) is 2.80. The minimum absolute atomic E-state index is 0.264. The van der Waals surface area contributed by atoms with Gasteiger partial charge in [0.1, 0.15) is 5.75 Å². The van der Waals surface area contributed by atoms with Crippen LogP contribution in [0, 0.1) is 0 Å². The lowest BCUT2D eigenvalue weighted by Crippen LogP contribution is -2.48. The van der Waals surface area contributed by atoms with Crippen molar-refractivity contribution in [3.05, 3.63) is 65.7 Å². The second-order valence-corrected chi connectivity index (χ2v) is 9.17. The van der Waals surface area contributed by atoms with E-state index < -0.39 is 10.0 Å². The predicted molar refractivity (Wildman–Crippen MR) is 116 cm³/mol. The largest absolute Gasteiger partial charge is 0.497 e. The van der Waals surface area contributed by atoms with Crippen LogP contribution in [0.2, 0.25) is 5.02 Å². The molecular formula is C21H21ClN4O3S. The summed E-state index contributed by atoms with van der Waals surface area (Å²) in [5.74, 6) is 1.34. The molecule has 1 aliphatic rings. The highest BCUT2D eigenvalue weighted by molar-refractivity contribution is 7.89. The van der Waals surface area contributed by atoms with Crippen LogP contribution in [0.5, 0.6) is 5.75 Å². The van der Waals surface area contributed by atoms with Gasteiger partial charge >= 0.3 is 0 Å². The van der Waals surface area contributed by atoms with Crippen molar-refractivity contribution in [1.29, 1.82) is 0 Å². The Hall–Kier alpha value is -2.68. The van der Waals surface area contributed by atoms with Gasteiger partial charge < -0.3 is 9.64 Å². The number of sulfonamides is 1. The quantitative estimate of drug-likeness (QED) is 0.601. The molecule has 1 aliphatic heterocycles. The van der Waals surface area contributed by atoms with Crippen molar-refractivity contribution >= 4 is 27.4 Å². The Morgan fingerprint density at radius 2 is 1.60 bits per heavy atom. The first-order valence-corrected chi connectivity index (χ1v) is 11.3. The van der Waals surface area contributed by atoms with Crippen LogP contribution in [0.3, 0.4) is 0 Å². The third-order valence-electron chi connectivity index (χ3n) is 5.06. The van der Waals surface area contributed by atoms with Gasteiger partial charge in [-0.2, -0.15) is 4.31 Å². The predicted octanol–water partition coefficient (Wildman–Crippen LogP) is 3.32.